The van der Waals surface area contributed by atoms with Gasteiger partial charge in [0.25, 0.3) is 0 Å². The number of hydrogen-bond donors (Lipinski definition) is 1. The zero-order valence-corrected chi connectivity index (χ0v) is 9.93. The second kappa shape index (κ2) is 5.24. The lowest BCUT2D eigenvalue weighted by atomic mass is 10.1. The van der Waals surface area contributed by atoms with Gasteiger partial charge in [-0.25, -0.2) is 9.07 Å². The molecule has 5 nitrogen and oxygen atoms in total. The molecule has 17 heavy (non-hydrogen) atoms. The topological polar surface area (TPSA) is 63.8 Å². The van der Waals surface area contributed by atoms with E-state index in [1.54, 1.807) is 19.2 Å². The third kappa shape index (κ3) is 3.01. The average Bonchev–Trinajstić information content (AvgIpc) is 2.73. The third-order valence-corrected chi connectivity index (χ3v) is 3.29. The van der Waals surface area contributed by atoms with E-state index >= 15 is 0 Å². The van der Waals surface area contributed by atoms with E-state index < -0.39 is 6.10 Å². The first-order valence-electron chi connectivity index (χ1n) is 4.95. The normalized spacial score (nSPS) is 12.6. The van der Waals surface area contributed by atoms with E-state index in [0.29, 0.717) is 16.5 Å². The van der Waals surface area contributed by atoms with Gasteiger partial charge in [-0.05, 0) is 28.1 Å². The SMILES string of the molecule is Cn1nnnc1SCC(O)c1ccc(F)cc1. The number of halogens is 1. The minimum absolute atomic E-state index is 0.314. The summed E-state index contributed by atoms with van der Waals surface area (Å²) in [6.07, 6.45) is -0.669. The average molecular weight is 254 g/mol. The lowest BCUT2D eigenvalue weighted by molar-refractivity contribution is 0.204. The van der Waals surface area contributed by atoms with E-state index in [9.17, 15) is 9.50 Å². The quantitative estimate of drug-likeness (QED) is 0.830. The van der Waals surface area contributed by atoms with Gasteiger partial charge >= 0.3 is 0 Å². The van der Waals surface area contributed by atoms with Crippen LogP contribution in [-0.2, 0) is 7.05 Å². The highest BCUT2D eigenvalue weighted by Gasteiger charge is 2.10. The molecule has 0 fully saturated rings. The molecule has 0 amide bonds. The molecule has 0 aliphatic heterocycles. The van der Waals surface area contributed by atoms with Crippen LogP contribution in [0.5, 0.6) is 0 Å². The number of aliphatic hydroxyl groups is 1. The van der Waals surface area contributed by atoms with Gasteiger partial charge in [-0.2, -0.15) is 0 Å². The van der Waals surface area contributed by atoms with Gasteiger partial charge in [-0.15, -0.1) is 5.10 Å². The maximum absolute atomic E-state index is 12.7. The Hall–Kier alpha value is -1.47. The number of aliphatic hydroxyl groups excluding tert-OH is 1. The number of tetrazole rings is 1. The monoisotopic (exact) mass is 254 g/mol. The second-order valence-electron chi connectivity index (χ2n) is 3.46. The molecule has 1 heterocycles. The Morgan fingerprint density at radius 2 is 2.12 bits per heavy atom. The summed E-state index contributed by atoms with van der Waals surface area (Å²) in [5.41, 5.74) is 0.675. The predicted octanol–water partition coefficient (Wildman–Crippen LogP) is 1.17. The van der Waals surface area contributed by atoms with Crippen molar-refractivity contribution in [2.24, 2.45) is 7.05 Å². The van der Waals surface area contributed by atoms with E-state index in [4.69, 9.17) is 0 Å². The van der Waals surface area contributed by atoms with Gasteiger partial charge in [0.2, 0.25) is 5.16 Å². The fourth-order valence-electron chi connectivity index (χ4n) is 1.28. The smallest absolute Gasteiger partial charge is 0.209 e. The highest BCUT2D eigenvalue weighted by molar-refractivity contribution is 7.99. The number of aryl methyl sites for hydroxylation is 1. The van der Waals surface area contributed by atoms with E-state index in [2.05, 4.69) is 15.5 Å². The van der Waals surface area contributed by atoms with Crippen LogP contribution < -0.4 is 0 Å². The Bertz CT molecular complexity index is 487. The molecule has 0 aliphatic carbocycles. The Balaban J connectivity index is 1.95. The van der Waals surface area contributed by atoms with E-state index in [-0.39, 0.29) is 5.82 Å². The molecule has 90 valence electrons. The van der Waals surface area contributed by atoms with Crippen LogP contribution in [0.15, 0.2) is 29.4 Å². The van der Waals surface area contributed by atoms with Crippen molar-refractivity contribution in [3.8, 4) is 0 Å². The summed E-state index contributed by atoms with van der Waals surface area (Å²) in [5.74, 6) is 0.103. The maximum atomic E-state index is 12.7. The highest BCUT2D eigenvalue weighted by Crippen LogP contribution is 2.22. The van der Waals surface area contributed by atoms with Crippen molar-refractivity contribution in [3.05, 3.63) is 35.6 Å². The molecule has 1 atom stereocenters. The molecular formula is C10H11FN4OS. The summed E-state index contributed by atoms with van der Waals surface area (Å²) in [7, 11) is 1.73. The lowest BCUT2D eigenvalue weighted by Gasteiger charge is -2.09. The maximum Gasteiger partial charge on any atom is 0.209 e. The van der Waals surface area contributed by atoms with Crippen LogP contribution in [0.4, 0.5) is 4.39 Å². The van der Waals surface area contributed by atoms with Gasteiger partial charge in [-0.3, -0.25) is 0 Å². The molecule has 1 N–H and O–H groups in total. The number of rotatable bonds is 4. The Morgan fingerprint density at radius 3 is 2.71 bits per heavy atom. The molecule has 0 bridgehead atoms. The number of nitrogens with zero attached hydrogens (tertiary/aromatic N) is 4. The van der Waals surface area contributed by atoms with Crippen LogP contribution >= 0.6 is 11.8 Å². The first kappa shape index (κ1) is 12.0. The fourth-order valence-corrected chi connectivity index (χ4v) is 2.10. The molecule has 1 aromatic heterocycles. The summed E-state index contributed by atoms with van der Waals surface area (Å²) in [6, 6.07) is 5.78. The van der Waals surface area contributed by atoms with E-state index in [1.807, 2.05) is 0 Å². The van der Waals surface area contributed by atoms with Gasteiger partial charge in [0.1, 0.15) is 5.82 Å². The van der Waals surface area contributed by atoms with Crippen LogP contribution in [0.3, 0.4) is 0 Å². The number of aromatic nitrogens is 4. The van der Waals surface area contributed by atoms with Gasteiger partial charge < -0.3 is 5.11 Å². The molecule has 0 saturated carbocycles. The van der Waals surface area contributed by atoms with E-state index in [1.165, 1.54) is 28.6 Å². The predicted molar refractivity (Wildman–Crippen MR) is 60.9 cm³/mol. The van der Waals surface area contributed by atoms with Crippen LogP contribution in [0.1, 0.15) is 11.7 Å². The van der Waals surface area contributed by atoms with Crippen LogP contribution in [0.25, 0.3) is 0 Å². The van der Waals surface area contributed by atoms with Gasteiger partial charge in [0.05, 0.1) is 6.10 Å². The second-order valence-corrected chi connectivity index (χ2v) is 4.45. The fraction of sp³-hybridized carbons (Fsp3) is 0.300. The zero-order chi connectivity index (χ0) is 12.3. The molecule has 2 aromatic rings. The molecular weight excluding hydrogens is 243 g/mol. The van der Waals surface area contributed by atoms with Gasteiger partial charge in [-0.1, -0.05) is 23.9 Å². The van der Waals surface area contributed by atoms with Gasteiger partial charge in [0, 0.05) is 12.8 Å². The summed E-state index contributed by atoms with van der Waals surface area (Å²) in [6.45, 7) is 0. The van der Waals surface area contributed by atoms with Gasteiger partial charge in [0.15, 0.2) is 0 Å². The van der Waals surface area contributed by atoms with E-state index in [0.717, 1.165) is 0 Å². The highest BCUT2D eigenvalue weighted by atomic mass is 32.2. The minimum Gasteiger partial charge on any atom is -0.388 e. The van der Waals surface area contributed by atoms with Crippen molar-refractivity contribution in [2.45, 2.75) is 11.3 Å². The Morgan fingerprint density at radius 1 is 1.41 bits per heavy atom. The molecule has 1 aromatic carbocycles. The first-order chi connectivity index (χ1) is 8.16. The van der Waals surface area contributed by atoms with Crippen molar-refractivity contribution >= 4 is 11.8 Å². The summed E-state index contributed by atoms with van der Waals surface area (Å²) < 4.78 is 14.2. The number of thioether (sulfide) groups is 1. The van der Waals surface area contributed by atoms with Crippen LogP contribution in [-0.4, -0.2) is 31.1 Å². The Labute approximate surface area is 102 Å². The minimum atomic E-state index is -0.669. The molecule has 0 aliphatic rings. The first-order valence-corrected chi connectivity index (χ1v) is 5.94. The van der Waals surface area contributed by atoms with Crippen molar-refractivity contribution in [3.63, 3.8) is 0 Å². The molecule has 2 rings (SSSR count). The van der Waals surface area contributed by atoms with Crippen molar-refractivity contribution in [2.75, 3.05) is 5.75 Å². The molecule has 0 saturated heterocycles. The van der Waals surface area contributed by atoms with Crippen molar-refractivity contribution in [1.29, 1.82) is 0 Å². The summed E-state index contributed by atoms with van der Waals surface area (Å²) in [5, 5.41) is 21.5. The molecule has 0 spiro atoms. The number of benzene rings is 1. The van der Waals surface area contributed by atoms with Crippen molar-refractivity contribution in [1.82, 2.24) is 20.2 Å². The number of hydrogen-bond acceptors (Lipinski definition) is 5. The molecule has 7 heteroatoms. The van der Waals surface area contributed by atoms with Crippen LogP contribution in [0, 0.1) is 5.82 Å². The summed E-state index contributed by atoms with van der Waals surface area (Å²) in [4.78, 5) is 0. The van der Waals surface area contributed by atoms with Crippen molar-refractivity contribution < 1.29 is 9.50 Å². The molecule has 0 radical (unpaired) electrons. The lowest BCUT2D eigenvalue weighted by Crippen LogP contribution is -2.02. The van der Waals surface area contributed by atoms with Crippen LogP contribution in [0.2, 0.25) is 0 Å². The summed E-state index contributed by atoms with van der Waals surface area (Å²) >= 11 is 1.34. The standard InChI is InChI=1S/C10H11FN4OS/c1-15-10(12-13-14-15)17-6-9(16)7-2-4-8(11)5-3-7/h2-5,9,16H,6H2,1H3. The molecule has 1 unspecified atom stereocenters. The third-order valence-electron chi connectivity index (χ3n) is 2.21. The Kier molecular flexibility index (Phi) is 3.70. The zero-order valence-electron chi connectivity index (χ0n) is 9.12. The largest absolute Gasteiger partial charge is 0.388 e.